The smallest absolute Gasteiger partial charge is 0.337 e. The number of nitrogens with zero attached hydrogens (tertiary/aromatic N) is 2. The Balaban J connectivity index is 1.44. The summed E-state index contributed by atoms with van der Waals surface area (Å²) >= 11 is 0. The lowest BCUT2D eigenvalue weighted by atomic mass is 10.1. The number of methoxy groups -OCH3 is 2. The molecule has 11 heteroatoms. The van der Waals surface area contributed by atoms with Gasteiger partial charge in [-0.2, -0.15) is 4.31 Å². The monoisotopic (exact) mass is 560 g/mol. The Kier molecular flexibility index (Phi) is 9.28. The zero-order chi connectivity index (χ0) is 28.0. The van der Waals surface area contributed by atoms with Crippen LogP contribution < -0.4 is 4.74 Å². The zero-order valence-electron chi connectivity index (χ0n) is 21.7. The lowest BCUT2D eigenvalue weighted by Crippen LogP contribution is -2.49. The summed E-state index contributed by atoms with van der Waals surface area (Å²) in [5, 5.41) is 0. The van der Waals surface area contributed by atoms with Crippen molar-refractivity contribution in [3.05, 3.63) is 95.1 Å². The second-order valence-electron chi connectivity index (χ2n) is 9.04. The first-order valence-electron chi connectivity index (χ1n) is 12.3. The number of hydrogen-bond donors (Lipinski definition) is 0. The van der Waals surface area contributed by atoms with Crippen LogP contribution in [0.4, 0.5) is 8.78 Å². The second-order valence-corrected chi connectivity index (χ2v) is 11.0. The van der Waals surface area contributed by atoms with E-state index in [1.54, 1.807) is 31.4 Å². The number of benzene rings is 3. The highest BCUT2D eigenvalue weighted by Crippen LogP contribution is 2.26. The van der Waals surface area contributed by atoms with Crippen LogP contribution in [0.25, 0.3) is 0 Å². The van der Waals surface area contributed by atoms with E-state index in [-0.39, 0.29) is 25.8 Å². The molecular weight excluding hydrogens is 530 g/mol. The highest BCUT2D eigenvalue weighted by atomic mass is 32.2. The molecule has 1 aliphatic heterocycles. The van der Waals surface area contributed by atoms with Gasteiger partial charge in [0.25, 0.3) is 0 Å². The van der Waals surface area contributed by atoms with Gasteiger partial charge in [0.15, 0.2) is 0 Å². The van der Waals surface area contributed by atoms with Crippen molar-refractivity contribution in [1.29, 1.82) is 0 Å². The van der Waals surface area contributed by atoms with E-state index in [0.29, 0.717) is 37.0 Å². The molecule has 208 valence electrons. The summed E-state index contributed by atoms with van der Waals surface area (Å²) in [7, 11) is -1.18. The molecule has 0 unspecified atom stereocenters. The molecule has 4 rings (SSSR count). The standard InChI is InChI=1S/C28H30F2N2O6S/c1-36-24-5-3-4-22(16-24)26(38-19-20-6-8-21(9-7-20)28(33)37-2)18-31-12-14-32(15-13-31)39(34,35)27-11-10-23(29)17-25(27)30/h3-11,16-17,26H,12-15,18-19H2,1-2H3/t26-/m0/s1. The molecule has 0 bridgehead atoms. The lowest BCUT2D eigenvalue weighted by Gasteiger charge is -2.36. The lowest BCUT2D eigenvalue weighted by molar-refractivity contribution is 0.00760. The fraction of sp³-hybridized carbons (Fsp3) is 0.321. The van der Waals surface area contributed by atoms with E-state index in [1.807, 2.05) is 24.3 Å². The van der Waals surface area contributed by atoms with Gasteiger partial charge in [0.1, 0.15) is 22.3 Å². The van der Waals surface area contributed by atoms with Crippen molar-refractivity contribution in [3.8, 4) is 5.75 Å². The Labute approximate surface area is 226 Å². The van der Waals surface area contributed by atoms with Crippen LogP contribution in [-0.4, -0.2) is 70.5 Å². The Morgan fingerprint density at radius 2 is 1.67 bits per heavy atom. The predicted molar refractivity (Wildman–Crippen MR) is 140 cm³/mol. The number of hydrogen-bond acceptors (Lipinski definition) is 7. The zero-order valence-corrected chi connectivity index (χ0v) is 22.5. The number of carbonyl (C=O) groups excluding carboxylic acids is 1. The quantitative estimate of drug-likeness (QED) is 0.346. The van der Waals surface area contributed by atoms with Crippen LogP contribution in [0.5, 0.6) is 5.75 Å². The number of sulfonamides is 1. The molecule has 0 aliphatic carbocycles. The third-order valence-electron chi connectivity index (χ3n) is 6.56. The van der Waals surface area contributed by atoms with Crippen molar-refractivity contribution in [1.82, 2.24) is 9.21 Å². The van der Waals surface area contributed by atoms with Crippen LogP contribution in [0.15, 0.2) is 71.6 Å². The van der Waals surface area contributed by atoms with Crippen LogP contribution in [0.2, 0.25) is 0 Å². The molecule has 1 aliphatic rings. The molecule has 8 nitrogen and oxygen atoms in total. The number of ether oxygens (including phenoxy) is 3. The molecule has 1 heterocycles. The minimum Gasteiger partial charge on any atom is -0.497 e. The van der Waals surface area contributed by atoms with Crippen molar-refractivity contribution in [2.45, 2.75) is 17.6 Å². The second kappa shape index (κ2) is 12.6. The van der Waals surface area contributed by atoms with E-state index in [4.69, 9.17) is 14.2 Å². The Morgan fingerprint density at radius 1 is 0.949 bits per heavy atom. The van der Waals surface area contributed by atoms with E-state index in [9.17, 15) is 22.0 Å². The minimum atomic E-state index is -4.10. The SMILES string of the molecule is COC(=O)c1ccc(CO[C@@H](CN2CCN(S(=O)(=O)c3ccc(F)cc3F)CC2)c2cccc(OC)c2)cc1. The van der Waals surface area contributed by atoms with Gasteiger partial charge in [-0.05, 0) is 47.5 Å². The number of carbonyl (C=O) groups is 1. The van der Waals surface area contributed by atoms with Gasteiger partial charge in [0, 0.05) is 38.8 Å². The van der Waals surface area contributed by atoms with Gasteiger partial charge in [-0.3, -0.25) is 4.90 Å². The van der Waals surface area contributed by atoms with E-state index in [1.165, 1.54) is 11.4 Å². The van der Waals surface area contributed by atoms with Crippen LogP contribution in [0.1, 0.15) is 27.6 Å². The van der Waals surface area contributed by atoms with E-state index >= 15 is 0 Å². The highest BCUT2D eigenvalue weighted by molar-refractivity contribution is 7.89. The summed E-state index contributed by atoms with van der Waals surface area (Å²) in [5.41, 5.74) is 2.20. The summed E-state index contributed by atoms with van der Waals surface area (Å²) in [5.74, 6) is -1.68. The summed E-state index contributed by atoms with van der Waals surface area (Å²) in [4.78, 5) is 13.3. The summed E-state index contributed by atoms with van der Waals surface area (Å²) in [6.45, 7) is 1.87. The van der Waals surface area contributed by atoms with E-state index in [2.05, 4.69) is 4.90 Å². The van der Waals surface area contributed by atoms with Crippen molar-refractivity contribution in [3.63, 3.8) is 0 Å². The van der Waals surface area contributed by atoms with Crippen molar-refractivity contribution >= 4 is 16.0 Å². The topological polar surface area (TPSA) is 85.4 Å². The molecular formula is C28H30F2N2O6S. The summed E-state index contributed by atoms with van der Waals surface area (Å²) in [6.07, 6.45) is -0.363. The molecule has 0 N–H and O–H groups in total. The van der Waals surface area contributed by atoms with Crippen LogP contribution in [0.3, 0.4) is 0 Å². The molecule has 3 aromatic carbocycles. The fourth-order valence-electron chi connectivity index (χ4n) is 4.36. The first-order valence-corrected chi connectivity index (χ1v) is 13.8. The van der Waals surface area contributed by atoms with E-state index < -0.39 is 32.5 Å². The number of halogens is 2. The van der Waals surface area contributed by atoms with Crippen molar-refractivity contribution in [2.75, 3.05) is 46.9 Å². The maximum absolute atomic E-state index is 14.2. The molecule has 3 aromatic rings. The molecule has 0 saturated carbocycles. The third kappa shape index (κ3) is 6.99. The maximum Gasteiger partial charge on any atom is 0.337 e. The van der Waals surface area contributed by atoms with Gasteiger partial charge >= 0.3 is 5.97 Å². The molecule has 0 radical (unpaired) electrons. The molecule has 0 amide bonds. The number of piperazine rings is 1. The van der Waals surface area contributed by atoms with E-state index in [0.717, 1.165) is 23.3 Å². The van der Waals surface area contributed by atoms with Crippen LogP contribution in [0, 0.1) is 11.6 Å². The Bertz CT molecular complexity index is 1390. The fourth-order valence-corrected chi connectivity index (χ4v) is 5.83. The molecule has 0 spiro atoms. The maximum atomic E-state index is 14.2. The van der Waals surface area contributed by atoms with Gasteiger partial charge in [-0.15, -0.1) is 0 Å². The van der Waals surface area contributed by atoms with Crippen LogP contribution >= 0.6 is 0 Å². The third-order valence-corrected chi connectivity index (χ3v) is 8.49. The van der Waals surface area contributed by atoms with Gasteiger partial charge in [-0.1, -0.05) is 24.3 Å². The molecule has 39 heavy (non-hydrogen) atoms. The summed E-state index contributed by atoms with van der Waals surface area (Å²) < 4.78 is 71.0. The first-order chi connectivity index (χ1) is 18.7. The van der Waals surface area contributed by atoms with Gasteiger partial charge in [-0.25, -0.2) is 22.0 Å². The molecule has 0 aromatic heterocycles. The van der Waals surface area contributed by atoms with Crippen molar-refractivity contribution in [2.24, 2.45) is 0 Å². The van der Waals surface area contributed by atoms with Gasteiger partial charge < -0.3 is 14.2 Å². The van der Waals surface area contributed by atoms with Crippen molar-refractivity contribution < 1.29 is 36.2 Å². The Morgan fingerprint density at radius 3 is 2.31 bits per heavy atom. The van der Waals surface area contributed by atoms with Crippen LogP contribution in [-0.2, 0) is 26.1 Å². The minimum absolute atomic E-state index is 0.152. The Hall–Kier alpha value is -3.38. The molecule has 1 saturated heterocycles. The van der Waals surface area contributed by atoms with Gasteiger partial charge in [0.05, 0.1) is 32.5 Å². The predicted octanol–water partition coefficient (Wildman–Crippen LogP) is 4.02. The normalized spacial score (nSPS) is 15.6. The molecule has 1 atom stereocenters. The first kappa shape index (κ1) is 28.6. The highest BCUT2D eigenvalue weighted by Gasteiger charge is 2.31. The molecule has 1 fully saturated rings. The van der Waals surface area contributed by atoms with Gasteiger partial charge in [0.2, 0.25) is 10.0 Å². The number of esters is 1. The average Bonchev–Trinajstić information content (AvgIpc) is 2.95. The largest absolute Gasteiger partial charge is 0.497 e. The number of rotatable bonds is 10. The summed E-state index contributed by atoms with van der Waals surface area (Å²) in [6, 6.07) is 16.9. The average molecular weight is 561 g/mol.